The van der Waals surface area contributed by atoms with Crippen molar-refractivity contribution in [3.8, 4) is 11.8 Å². The van der Waals surface area contributed by atoms with Crippen LogP contribution in [-0.4, -0.2) is 22.8 Å². The van der Waals surface area contributed by atoms with Gasteiger partial charge in [0.1, 0.15) is 12.0 Å². The van der Waals surface area contributed by atoms with E-state index in [9.17, 15) is 4.79 Å². The molecule has 0 saturated carbocycles. The van der Waals surface area contributed by atoms with Gasteiger partial charge in [0.05, 0.1) is 13.2 Å². The molecule has 5 heteroatoms. The van der Waals surface area contributed by atoms with Crippen LogP contribution >= 0.6 is 0 Å². The molecule has 21 heavy (non-hydrogen) atoms. The molecule has 0 spiro atoms. The maximum Gasteiger partial charge on any atom is 0.251 e. The Morgan fingerprint density at radius 3 is 3.00 bits per heavy atom. The Morgan fingerprint density at radius 2 is 2.29 bits per heavy atom. The lowest BCUT2D eigenvalue weighted by atomic mass is 10.0. The van der Waals surface area contributed by atoms with Crippen LogP contribution in [0.3, 0.4) is 0 Å². The molecule has 0 bridgehead atoms. The average Bonchev–Trinajstić information content (AvgIpc) is 3.00. The normalized spacial score (nSPS) is 9.81. The molecule has 0 saturated heterocycles. The first-order chi connectivity index (χ1) is 10.2. The maximum atomic E-state index is 12.2. The van der Waals surface area contributed by atoms with Gasteiger partial charge >= 0.3 is 0 Å². The number of hydrogen-bond donors (Lipinski definition) is 2. The lowest BCUT2D eigenvalue weighted by Gasteiger charge is -2.07. The number of hydrogen-bond acceptors (Lipinski definition) is 4. The fourth-order valence-electron chi connectivity index (χ4n) is 1.76. The highest BCUT2D eigenvalue weighted by Gasteiger charge is 2.10. The predicted octanol–water partition coefficient (Wildman–Crippen LogP) is 1.65. The fraction of sp³-hybridized carbons (Fsp3) is 0.250. The second-order valence-corrected chi connectivity index (χ2v) is 4.48. The molecule has 1 aromatic heterocycles. The van der Waals surface area contributed by atoms with Crippen molar-refractivity contribution in [3.05, 3.63) is 52.9 Å². The van der Waals surface area contributed by atoms with Crippen LogP contribution in [0, 0.1) is 18.8 Å². The zero-order valence-electron chi connectivity index (χ0n) is 11.7. The Labute approximate surface area is 123 Å². The first kappa shape index (κ1) is 14.8. The number of benzene rings is 1. The van der Waals surface area contributed by atoms with Gasteiger partial charge in [0.25, 0.3) is 5.91 Å². The summed E-state index contributed by atoms with van der Waals surface area (Å²) < 4.78 is 4.71. The fourth-order valence-corrected chi connectivity index (χ4v) is 1.76. The Morgan fingerprint density at radius 1 is 1.43 bits per heavy atom. The molecule has 108 valence electrons. The molecule has 2 N–H and O–H groups in total. The summed E-state index contributed by atoms with van der Waals surface area (Å²) >= 11 is 0. The van der Waals surface area contributed by atoms with E-state index in [2.05, 4.69) is 22.3 Å². The summed E-state index contributed by atoms with van der Waals surface area (Å²) in [5, 5.41) is 15.2. The molecular weight excluding hydrogens is 268 g/mol. The largest absolute Gasteiger partial charge is 0.395 e. The molecule has 0 radical (unpaired) electrons. The van der Waals surface area contributed by atoms with Crippen LogP contribution in [0.5, 0.6) is 0 Å². The molecule has 0 aliphatic heterocycles. The molecule has 2 aromatic rings. The molecule has 1 amide bonds. The van der Waals surface area contributed by atoms with Gasteiger partial charge in [-0.05, 0) is 24.6 Å². The number of nitrogens with one attached hydrogen (secondary N) is 1. The lowest BCUT2D eigenvalue weighted by Crippen LogP contribution is -2.23. The predicted molar refractivity (Wildman–Crippen MR) is 77.4 cm³/mol. The molecular formula is C16H16N2O3. The van der Waals surface area contributed by atoms with Gasteiger partial charge in [0.2, 0.25) is 0 Å². The molecule has 1 aromatic carbocycles. The van der Waals surface area contributed by atoms with Crippen LogP contribution < -0.4 is 5.32 Å². The minimum absolute atomic E-state index is 0.0317. The number of aryl methyl sites for hydroxylation is 1. The number of nitrogens with zero attached hydrogens (tertiary/aromatic N) is 1. The van der Waals surface area contributed by atoms with Gasteiger partial charge in [-0.2, -0.15) is 0 Å². The van der Waals surface area contributed by atoms with Crippen molar-refractivity contribution in [2.45, 2.75) is 19.9 Å². The molecule has 0 fully saturated rings. The number of aliphatic hydroxyl groups excluding tert-OH is 1. The van der Waals surface area contributed by atoms with Gasteiger partial charge < -0.3 is 14.9 Å². The number of carbonyl (C=O) groups is 1. The molecule has 0 aliphatic carbocycles. The smallest absolute Gasteiger partial charge is 0.251 e. The number of amides is 1. The number of aromatic nitrogens is 1. The zero-order valence-corrected chi connectivity index (χ0v) is 11.7. The van der Waals surface area contributed by atoms with Crippen molar-refractivity contribution >= 4 is 5.91 Å². The van der Waals surface area contributed by atoms with E-state index in [1.54, 1.807) is 12.1 Å². The van der Waals surface area contributed by atoms with Gasteiger partial charge in [0, 0.05) is 23.6 Å². The Bertz CT molecular complexity index is 667. The third-order valence-electron chi connectivity index (χ3n) is 2.87. The number of aliphatic hydroxyl groups is 1. The minimum atomic E-state index is -0.179. The van der Waals surface area contributed by atoms with Crippen molar-refractivity contribution in [1.82, 2.24) is 10.5 Å². The number of carbonyl (C=O) groups excluding carboxylic acids is 1. The SMILES string of the molecule is Cc1ccc(C#CCCO)cc1C(=O)NCc1ccon1. The van der Waals surface area contributed by atoms with Crippen LogP contribution in [0.25, 0.3) is 0 Å². The number of rotatable bonds is 4. The highest BCUT2D eigenvalue weighted by atomic mass is 16.5. The zero-order chi connectivity index (χ0) is 15.1. The van der Waals surface area contributed by atoms with Crippen LogP contribution in [0.1, 0.15) is 33.6 Å². The Balaban J connectivity index is 2.09. The molecule has 0 aliphatic rings. The highest BCUT2D eigenvalue weighted by molar-refractivity contribution is 5.95. The summed E-state index contributed by atoms with van der Waals surface area (Å²) in [5.74, 6) is 5.58. The summed E-state index contributed by atoms with van der Waals surface area (Å²) in [7, 11) is 0. The summed E-state index contributed by atoms with van der Waals surface area (Å²) in [4.78, 5) is 12.2. The van der Waals surface area contributed by atoms with Gasteiger partial charge in [-0.15, -0.1) is 0 Å². The van der Waals surface area contributed by atoms with Crippen molar-refractivity contribution in [2.24, 2.45) is 0 Å². The molecule has 5 nitrogen and oxygen atoms in total. The van der Waals surface area contributed by atoms with Crippen LogP contribution in [0.2, 0.25) is 0 Å². The molecule has 2 rings (SSSR count). The van der Waals surface area contributed by atoms with Gasteiger partial charge in [0.15, 0.2) is 0 Å². The van der Waals surface area contributed by atoms with E-state index in [-0.39, 0.29) is 12.5 Å². The monoisotopic (exact) mass is 284 g/mol. The van der Waals surface area contributed by atoms with Crippen molar-refractivity contribution < 1.29 is 14.4 Å². The van der Waals surface area contributed by atoms with Gasteiger partial charge in [-0.3, -0.25) is 4.79 Å². The minimum Gasteiger partial charge on any atom is -0.395 e. The third kappa shape index (κ3) is 4.20. The van der Waals surface area contributed by atoms with E-state index < -0.39 is 0 Å². The topological polar surface area (TPSA) is 75.4 Å². The molecule has 0 atom stereocenters. The van der Waals surface area contributed by atoms with E-state index in [0.29, 0.717) is 24.2 Å². The molecule has 1 heterocycles. The van der Waals surface area contributed by atoms with Crippen molar-refractivity contribution in [1.29, 1.82) is 0 Å². The van der Waals surface area contributed by atoms with Crippen molar-refractivity contribution in [2.75, 3.05) is 6.61 Å². The first-order valence-corrected chi connectivity index (χ1v) is 6.58. The van der Waals surface area contributed by atoms with E-state index in [1.165, 1.54) is 6.26 Å². The van der Waals surface area contributed by atoms with Crippen molar-refractivity contribution in [3.63, 3.8) is 0 Å². The maximum absolute atomic E-state index is 12.2. The highest BCUT2D eigenvalue weighted by Crippen LogP contribution is 2.11. The average molecular weight is 284 g/mol. The van der Waals surface area contributed by atoms with E-state index >= 15 is 0 Å². The van der Waals surface area contributed by atoms with Gasteiger partial charge in [-0.25, -0.2) is 0 Å². The summed E-state index contributed by atoms with van der Waals surface area (Å²) in [6.07, 6.45) is 1.88. The Kier molecular flexibility index (Phi) is 5.13. The van der Waals surface area contributed by atoms with E-state index in [1.807, 2.05) is 19.1 Å². The first-order valence-electron chi connectivity index (χ1n) is 6.58. The van der Waals surface area contributed by atoms with E-state index in [0.717, 1.165) is 11.1 Å². The quantitative estimate of drug-likeness (QED) is 0.837. The van der Waals surface area contributed by atoms with Crippen LogP contribution in [0.4, 0.5) is 0 Å². The summed E-state index contributed by atoms with van der Waals surface area (Å²) in [6, 6.07) is 7.16. The summed E-state index contributed by atoms with van der Waals surface area (Å²) in [6.45, 7) is 2.22. The second kappa shape index (κ2) is 7.27. The third-order valence-corrected chi connectivity index (χ3v) is 2.87. The lowest BCUT2D eigenvalue weighted by molar-refractivity contribution is 0.0949. The Hall–Kier alpha value is -2.58. The van der Waals surface area contributed by atoms with Gasteiger partial charge in [-0.1, -0.05) is 23.1 Å². The standard InChI is InChI=1S/C16H16N2O3/c1-12-5-6-13(4-2-3-8-19)10-15(12)16(20)17-11-14-7-9-21-18-14/h5-7,9-10,19H,3,8,11H2,1H3,(H,17,20). The second-order valence-electron chi connectivity index (χ2n) is 4.48. The van der Waals surface area contributed by atoms with Crippen LogP contribution in [-0.2, 0) is 6.54 Å². The van der Waals surface area contributed by atoms with E-state index in [4.69, 9.17) is 9.63 Å². The van der Waals surface area contributed by atoms with Crippen LogP contribution in [0.15, 0.2) is 35.1 Å². The summed E-state index contributed by atoms with van der Waals surface area (Å²) in [5.41, 5.74) is 2.87. The molecule has 0 unspecified atom stereocenters.